The molecule has 1 aromatic carbocycles. The monoisotopic (exact) mass is 291 g/mol. The first-order chi connectivity index (χ1) is 9.91. The van der Waals surface area contributed by atoms with E-state index in [1.54, 1.807) is 7.11 Å². The van der Waals surface area contributed by atoms with Gasteiger partial charge in [-0.15, -0.1) is 0 Å². The summed E-state index contributed by atoms with van der Waals surface area (Å²) in [6.07, 6.45) is 2.48. The Morgan fingerprint density at radius 3 is 2.62 bits per heavy atom. The van der Waals surface area contributed by atoms with Gasteiger partial charge in [0.25, 0.3) is 0 Å². The zero-order chi connectivity index (χ0) is 15.5. The summed E-state index contributed by atoms with van der Waals surface area (Å²) in [5.41, 5.74) is 2.75. The standard InChI is InChI=1S/C18H29NO2/c1-13-6-7-15(17(10-13)21-9-8-20-5)19-16-12-18(3,4)11-14(16)2/h6-7,10,14,16,19H,8-9,11-12H2,1-5H3. The third-order valence-corrected chi connectivity index (χ3v) is 4.36. The summed E-state index contributed by atoms with van der Waals surface area (Å²) < 4.78 is 10.9. The third kappa shape index (κ3) is 4.37. The molecule has 1 aliphatic carbocycles. The molecular weight excluding hydrogens is 262 g/mol. The van der Waals surface area contributed by atoms with Crippen molar-refractivity contribution >= 4 is 5.69 Å². The van der Waals surface area contributed by atoms with Crippen molar-refractivity contribution in [1.82, 2.24) is 0 Å². The number of benzene rings is 1. The minimum atomic E-state index is 0.429. The number of nitrogens with one attached hydrogen (secondary N) is 1. The molecule has 2 atom stereocenters. The van der Waals surface area contributed by atoms with Crippen molar-refractivity contribution in [2.45, 2.75) is 46.6 Å². The van der Waals surface area contributed by atoms with Crippen molar-refractivity contribution in [2.24, 2.45) is 11.3 Å². The molecule has 0 aliphatic heterocycles. The topological polar surface area (TPSA) is 30.5 Å². The van der Waals surface area contributed by atoms with Gasteiger partial charge in [0.15, 0.2) is 0 Å². The van der Waals surface area contributed by atoms with Crippen molar-refractivity contribution < 1.29 is 9.47 Å². The lowest BCUT2D eigenvalue weighted by Crippen LogP contribution is -2.23. The van der Waals surface area contributed by atoms with E-state index in [-0.39, 0.29) is 0 Å². The second-order valence-corrected chi connectivity index (χ2v) is 7.14. The molecule has 0 heterocycles. The summed E-state index contributed by atoms with van der Waals surface area (Å²) in [6.45, 7) is 10.3. The number of rotatable bonds is 6. The van der Waals surface area contributed by atoms with Crippen LogP contribution >= 0.6 is 0 Å². The van der Waals surface area contributed by atoms with E-state index in [4.69, 9.17) is 9.47 Å². The summed E-state index contributed by atoms with van der Waals surface area (Å²) in [6, 6.07) is 6.89. The second kappa shape index (κ2) is 6.69. The molecule has 1 aliphatic rings. The molecule has 1 N–H and O–H groups in total. The van der Waals surface area contributed by atoms with Crippen LogP contribution in [0.1, 0.15) is 39.2 Å². The minimum absolute atomic E-state index is 0.429. The van der Waals surface area contributed by atoms with E-state index in [0.29, 0.717) is 30.6 Å². The van der Waals surface area contributed by atoms with Gasteiger partial charge in [-0.25, -0.2) is 0 Å². The molecule has 118 valence electrons. The zero-order valence-corrected chi connectivity index (χ0v) is 14.0. The molecule has 0 amide bonds. The Morgan fingerprint density at radius 1 is 1.24 bits per heavy atom. The van der Waals surface area contributed by atoms with E-state index in [2.05, 4.69) is 51.2 Å². The number of anilines is 1. The third-order valence-electron chi connectivity index (χ3n) is 4.36. The van der Waals surface area contributed by atoms with Gasteiger partial charge in [0.1, 0.15) is 12.4 Å². The predicted molar refractivity (Wildman–Crippen MR) is 88.1 cm³/mol. The van der Waals surface area contributed by atoms with E-state index in [0.717, 1.165) is 11.4 Å². The van der Waals surface area contributed by atoms with Crippen LogP contribution in [-0.2, 0) is 4.74 Å². The fourth-order valence-electron chi connectivity index (χ4n) is 3.39. The fraction of sp³-hybridized carbons (Fsp3) is 0.667. The van der Waals surface area contributed by atoms with Crippen molar-refractivity contribution in [3.05, 3.63) is 23.8 Å². The Labute approximate surface area is 129 Å². The van der Waals surface area contributed by atoms with Gasteiger partial charge in [0.2, 0.25) is 0 Å². The van der Waals surface area contributed by atoms with Crippen molar-refractivity contribution in [2.75, 3.05) is 25.6 Å². The van der Waals surface area contributed by atoms with Crippen LogP contribution in [0.4, 0.5) is 5.69 Å². The Balaban J connectivity index is 2.08. The second-order valence-electron chi connectivity index (χ2n) is 7.14. The van der Waals surface area contributed by atoms with Gasteiger partial charge in [-0.1, -0.05) is 26.8 Å². The molecule has 0 saturated heterocycles. The molecular formula is C18H29NO2. The molecule has 0 spiro atoms. The highest BCUT2D eigenvalue weighted by Gasteiger charge is 2.36. The summed E-state index contributed by atoms with van der Waals surface area (Å²) in [5.74, 6) is 1.62. The molecule has 0 aromatic heterocycles. The first kappa shape index (κ1) is 16.2. The normalized spacial score (nSPS) is 24.0. The van der Waals surface area contributed by atoms with Crippen LogP contribution in [0.5, 0.6) is 5.75 Å². The molecule has 1 saturated carbocycles. The van der Waals surface area contributed by atoms with E-state index < -0.39 is 0 Å². The first-order valence-corrected chi connectivity index (χ1v) is 7.90. The van der Waals surface area contributed by atoms with Gasteiger partial charge < -0.3 is 14.8 Å². The Hall–Kier alpha value is -1.22. The molecule has 1 aromatic rings. The van der Waals surface area contributed by atoms with Gasteiger partial charge in [-0.3, -0.25) is 0 Å². The van der Waals surface area contributed by atoms with Crippen LogP contribution in [-0.4, -0.2) is 26.4 Å². The maximum atomic E-state index is 5.87. The SMILES string of the molecule is COCCOc1cc(C)ccc1NC1CC(C)(C)CC1C. The van der Waals surface area contributed by atoms with Gasteiger partial charge >= 0.3 is 0 Å². The van der Waals surface area contributed by atoms with Crippen molar-refractivity contribution in [3.63, 3.8) is 0 Å². The zero-order valence-electron chi connectivity index (χ0n) is 14.0. The molecule has 3 nitrogen and oxygen atoms in total. The van der Waals surface area contributed by atoms with Crippen LogP contribution in [0.3, 0.4) is 0 Å². The van der Waals surface area contributed by atoms with Crippen LogP contribution in [0.15, 0.2) is 18.2 Å². The highest BCUT2D eigenvalue weighted by atomic mass is 16.5. The minimum Gasteiger partial charge on any atom is -0.489 e. The molecule has 0 radical (unpaired) electrons. The summed E-state index contributed by atoms with van der Waals surface area (Å²) in [4.78, 5) is 0. The lowest BCUT2D eigenvalue weighted by atomic mass is 9.91. The fourth-order valence-corrected chi connectivity index (χ4v) is 3.39. The quantitative estimate of drug-likeness (QED) is 0.795. The van der Waals surface area contributed by atoms with E-state index in [9.17, 15) is 0 Å². The smallest absolute Gasteiger partial charge is 0.142 e. The van der Waals surface area contributed by atoms with Gasteiger partial charge in [-0.2, -0.15) is 0 Å². The number of hydrogen-bond acceptors (Lipinski definition) is 3. The summed E-state index contributed by atoms with van der Waals surface area (Å²) in [7, 11) is 1.70. The predicted octanol–water partition coefficient (Wildman–Crippen LogP) is 4.26. The number of hydrogen-bond donors (Lipinski definition) is 1. The van der Waals surface area contributed by atoms with E-state index in [1.165, 1.54) is 18.4 Å². The van der Waals surface area contributed by atoms with Crippen LogP contribution < -0.4 is 10.1 Å². The van der Waals surface area contributed by atoms with Crippen LogP contribution in [0, 0.1) is 18.3 Å². The van der Waals surface area contributed by atoms with Crippen molar-refractivity contribution in [1.29, 1.82) is 0 Å². The molecule has 1 fully saturated rings. The Morgan fingerprint density at radius 2 is 2.00 bits per heavy atom. The van der Waals surface area contributed by atoms with Gasteiger partial charge in [0.05, 0.1) is 12.3 Å². The molecule has 3 heteroatoms. The number of aryl methyl sites for hydroxylation is 1. The molecule has 2 rings (SSSR count). The van der Waals surface area contributed by atoms with Crippen LogP contribution in [0.2, 0.25) is 0 Å². The van der Waals surface area contributed by atoms with Crippen LogP contribution in [0.25, 0.3) is 0 Å². The highest BCUT2D eigenvalue weighted by Crippen LogP contribution is 2.43. The molecule has 0 bridgehead atoms. The van der Waals surface area contributed by atoms with E-state index in [1.807, 2.05) is 0 Å². The number of methoxy groups -OCH3 is 1. The largest absolute Gasteiger partial charge is 0.489 e. The average molecular weight is 291 g/mol. The summed E-state index contributed by atoms with van der Waals surface area (Å²) in [5, 5.41) is 3.70. The molecule has 2 unspecified atom stereocenters. The number of ether oxygens (including phenoxy) is 2. The average Bonchev–Trinajstić information content (AvgIpc) is 2.65. The highest BCUT2D eigenvalue weighted by molar-refractivity contribution is 5.58. The van der Waals surface area contributed by atoms with Crippen molar-refractivity contribution in [3.8, 4) is 5.75 Å². The first-order valence-electron chi connectivity index (χ1n) is 7.90. The maximum Gasteiger partial charge on any atom is 0.142 e. The Bertz CT molecular complexity index is 470. The maximum absolute atomic E-state index is 5.87. The van der Waals surface area contributed by atoms with Gasteiger partial charge in [-0.05, 0) is 48.8 Å². The van der Waals surface area contributed by atoms with Gasteiger partial charge in [0, 0.05) is 13.2 Å². The lowest BCUT2D eigenvalue weighted by molar-refractivity contribution is 0.146. The summed E-state index contributed by atoms with van der Waals surface area (Å²) >= 11 is 0. The Kier molecular flexibility index (Phi) is 5.15. The lowest BCUT2D eigenvalue weighted by Gasteiger charge is -2.22. The molecule has 21 heavy (non-hydrogen) atoms. The van der Waals surface area contributed by atoms with E-state index >= 15 is 0 Å².